The van der Waals surface area contributed by atoms with Gasteiger partial charge in [-0.3, -0.25) is 9.59 Å². The fraction of sp³-hybridized carbons (Fsp3) is 0.579. The van der Waals surface area contributed by atoms with Gasteiger partial charge in [0, 0.05) is 24.7 Å². The number of nitrogens with one attached hydrogen (secondary N) is 1. The lowest BCUT2D eigenvalue weighted by Gasteiger charge is -2.32. The quantitative estimate of drug-likeness (QED) is 0.871. The number of rotatable bonds is 6. The molecule has 1 N–H and O–H groups in total. The van der Waals surface area contributed by atoms with E-state index >= 15 is 0 Å². The SMILES string of the molecule is CCC[C@H](C)NC(=O)[C@H]1CCCN(C(=O)c2ccc(OC)cc2)C1. The van der Waals surface area contributed by atoms with Gasteiger partial charge in [0.05, 0.1) is 13.0 Å². The molecule has 5 heteroatoms. The van der Waals surface area contributed by atoms with Gasteiger partial charge in [-0.15, -0.1) is 0 Å². The van der Waals surface area contributed by atoms with E-state index in [-0.39, 0.29) is 23.8 Å². The Hall–Kier alpha value is -2.04. The lowest BCUT2D eigenvalue weighted by Crippen LogP contribution is -2.47. The monoisotopic (exact) mass is 332 g/mol. The Balaban J connectivity index is 1.96. The molecular weight excluding hydrogens is 304 g/mol. The van der Waals surface area contributed by atoms with E-state index in [2.05, 4.69) is 12.2 Å². The van der Waals surface area contributed by atoms with Gasteiger partial charge in [-0.05, 0) is 50.5 Å². The van der Waals surface area contributed by atoms with Crippen LogP contribution in [0, 0.1) is 5.92 Å². The van der Waals surface area contributed by atoms with Crippen LogP contribution in [0.5, 0.6) is 5.75 Å². The van der Waals surface area contributed by atoms with E-state index in [9.17, 15) is 9.59 Å². The molecule has 0 aliphatic carbocycles. The van der Waals surface area contributed by atoms with Crippen LogP contribution in [0.2, 0.25) is 0 Å². The molecule has 0 aromatic heterocycles. The first-order chi connectivity index (χ1) is 11.5. The maximum atomic E-state index is 12.6. The molecule has 2 atom stereocenters. The van der Waals surface area contributed by atoms with Crippen LogP contribution >= 0.6 is 0 Å². The summed E-state index contributed by atoms with van der Waals surface area (Å²) in [6.45, 7) is 5.34. The summed E-state index contributed by atoms with van der Waals surface area (Å²) in [4.78, 5) is 26.8. The maximum absolute atomic E-state index is 12.6. The lowest BCUT2D eigenvalue weighted by molar-refractivity contribution is -0.127. The van der Waals surface area contributed by atoms with Gasteiger partial charge in [0.25, 0.3) is 5.91 Å². The van der Waals surface area contributed by atoms with Crippen LogP contribution in [0.3, 0.4) is 0 Å². The van der Waals surface area contributed by atoms with E-state index in [0.717, 1.165) is 31.4 Å². The van der Waals surface area contributed by atoms with Crippen molar-refractivity contribution in [3.63, 3.8) is 0 Å². The summed E-state index contributed by atoms with van der Waals surface area (Å²) in [5.74, 6) is 0.674. The van der Waals surface area contributed by atoms with Gasteiger partial charge < -0.3 is 15.0 Å². The summed E-state index contributed by atoms with van der Waals surface area (Å²) in [5, 5.41) is 3.07. The molecule has 24 heavy (non-hydrogen) atoms. The van der Waals surface area contributed by atoms with Gasteiger partial charge in [-0.1, -0.05) is 13.3 Å². The van der Waals surface area contributed by atoms with Gasteiger partial charge >= 0.3 is 0 Å². The number of hydrogen-bond acceptors (Lipinski definition) is 3. The van der Waals surface area contributed by atoms with Crippen LogP contribution < -0.4 is 10.1 Å². The minimum Gasteiger partial charge on any atom is -0.497 e. The van der Waals surface area contributed by atoms with Crippen molar-refractivity contribution in [1.82, 2.24) is 10.2 Å². The first kappa shape index (κ1) is 18.3. The first-order valence-corrected chi connectivity index (χ1v) is 8.78. The highest BCUT2D eigenvalue weighted by Crippen LogP contribution is 2.20. The zero-order chi connectivity index (χ0) is 17.5. The Morgan fingerprint density at radius 1 is 1.33 bits per heavy atom. The highest BCUT2D eigenvalue weighted by molar-refractivity contribution is 5.94. The summed E-state index contributed by atoms with van der Waals surface area (Å²) in [6.07, 6.45) is 3.74. The zero-order valence-electron chi connectivity index (χ0n) is 14.9. The normalized spacial score (nSPS) is 18.8. The van der Waals surface area contributed by atoms with Gasteiger partial charge in [-0.25, -0.2) is 0 Å². The van der Waals surface area contributed by atoms with Crippen molar-refractivity contribution < 1.29 is 14.3 Å². The molecule has 2 rings (SSSR count). The fourth-order valence-corrected chi connectivity index (χ4v) is 3.16. The number of likely N-dealkylation sites (tertiary alicyclic amines) is 1. The number of benzene rings is 1. The van der Waals surface area contributed by atoms with E-state index in [1.165, 1.54) is 0 Å². The first-order valence-electron chi connectivity index (χ1n) is 8.78. The van der Waals surface area contributed by atoms with Crippen molar-refractivity contribution in [2.75, 3.05) is 20.2 Å². The molecule has 132 valence electrons. The second-order valence-electron chi connectivity index (χ2n) is 6.52. The van der Waals surface area contributed by atoms with E-state index in [0.29, 0.717) is 18.7 Å². The van der Waals surface area contributed by atoms with Crippen LogP contribution in [-0.4, -0.2) is 43.0 Å². The Bertz CT molecular complexity index is 556. The molecule has 1 aliphatic heterocycles. The molecule has 1 heterocycles. The van der Waals surface area contributed by atoms with Crippen LogP contribution in [0.4, 0.5) is 0 Å². The maximum Gasteiger partial charge on any atom is 0.253 e. The number of methoxy groups -OCH3 is 1. The molecule has 1 aliphatic rings. The second-order valence-corrected chi connectivity index (χ2v) is 6.52. The van der Waals surface area contributed by atoms with E-state index in [4.69, 9.17) is 4.74 Å². The van der Waals surface area contributed by atoms with Crippen LogP contribution in [0.25, 0.3) is 0 Å². The molecule has 1 fully saturated rings. The summed E-state index contributed by atoms with van der Waals surface area (Å²) in [5.41, 5.74) is 0.635. The average molecular weight is 332 g/mol. The number of piperidine rings is 1. The zero-order valence-corrected chi connectivity index (χ0v) is 14.9. The number of ether oxygens (including phenoxy) is 1. The van der Waals surface area contributed by atoms with Gasteiger partial charge in [0.2, 0.25) is 5.91 Å². The summed E-state index contributed by atoms with van der Waals surface area (Å²) in [6, 6.07) is 7.30. The number of nitrogens with zero attached hydrogens (tertiary/aromatic N) is 1. The molecule has 2 amide bonds. The number of carbonyl (C=O) groups is 2. The van der Waals surface area contributed by atoms with Crippen molar-refractivity contribution in [1.29, 1.82) is 0 Å². The Labute approximate surface area is 144 Å². The van der Waals surface area contributed by atoms with Gasteiger partial charge in [0.1, 0.15) is 5.75 Å². The summed E-state index contributed by atoms with van der Waals surface area (Å²) >= 11 is 0. The van der Waals surface area contributed by atoms with E-state index in [1.807, 2.05) is 6.92 Å². The molecule has 0 bridgehead atoms. The molecule has 1 aromatic rings. The molecule has 1 saturated heterocycles. The van der Waals surface area contributed by atoms with Crippen LogP contribution in [0.15, 0.2) is 24.3 Å². The van der Waals surface area contributed by atoms with E-state index < -0.39 is 0 Å². The number of amides is 2. The Morgan fingerprint density at radius 2 is 2.04 bits per heavy atom. The fourth-order valence-electron chi connectivity index (χ4n) is 3.16. The van der Waals surface area contributed by atoms with Crippen molar-refractivity contribution in [3.05, 3.63) is 29.8 Å². The van der Waals surface area contributed by atoms with Crippen molar-refractivity contribution in [3.8, 4) is 5.75 Å². The highest BCUT2D eigenvalue weighted by atomic mass is 16.5. The molecule has 0 spiro atoms. The minimum absolute atomic E-state index is 0.0169. The molecule has 5 nitrogen and oxygen atoms in total. The predicted molar refractivity (Wildman–Crippen MR) is 94.1 cm³/mol. The third-order valence-corrected chi connectivity index (χ3v) is 4.53. The largest absolute Gasteiger partial charge is 0.497 e. The molecule has 0 unspecified atom stereocenters. The van der Waals surface area contributed by atoms with Crippen molar-refractivity contribution in [2.24, 2.45) is 5.92 Å². The third kappa shape index (κ3) is 4.73. The Morgan fingerprint density at radius 3 is 2.67 bits per heavy atom. The molecular formula is C19H28N2O3. The predicted octanol–water partition coefficient (Wildman–Crippen LogP) is 2.85. The summed E-state index contributed by atoms with van der Waals surface area (Å²) < 4.78 is 5.12. The Kier molecular flexibility index (Phi) is 6.64. The third-order valence-electron chi connectivity index (χ3n) is 4.53. The van der Waals surface area contributed by atoms with E-state index in [1.54, 1.807) is 36.3 Å². The van der Waals surface area contributed by atoms with Gasteiger partial charge in [-0.2, -0.15) is 0 Å². The number of hydrogen-bond donors (Lipinski definition) is 1. The highest BCUT2D eigenvalue weighted by Gasteiger charge is 2.29. The van der Waals surface area contributed by atoms with Crippen LogP contribution in [-0.2, 0) is 4.79 Å². The topological polar surface area (TPSA) is 58.6 Å². The van der Waals surface area contributed by atoms with Crippen LogP contribution in [0.1, 0.15) is 49.9 Å². The van der Waals surface area contributed by atoms with Crippen molar-refractivity contribution in [2.45, 2.75) is 45.6 Å². The minimum atomic E-state index is -0.111. The molecule has 1 aromatic carbocycles. The molecule has 0 saturated carbocycles. The molecule has 0 radical (unpaired) electrons. The average Bonchev–Trinajstić information content (AvgIpc) is 2.61. The van der Waals surface area contributed by atoms with Gasteiger partial charge in [0.15, 0.2) is 0 Å². The smallest absolute Gasteiger partial charge is 0.253 e. The summed E-state index contributed by atoms with van der Waals surface area (Å²) in [7, 11) is 1.60. The van der Waals surface area contributed by atoms with Crippen molar-refractivity contribution >= 4 is 11.8 Å². The number of carbonyl (C=O) groups excluding carboxylic acids is 2. The second kappa shape index (κ2) is 8.71. The standard InChI is InChI=1S/C19H28N2O3/c1-4-6-14(2)20-18(22)16-7-5-12-21(13-16)19(23)15-8-10-17(24-3)11-9-15/h8-11,14,16H,4-7,12-13H2,1-3H3,(H,20,22)/t14-,16-/m0/s1. The lowest BCUT2D eigenvalue weighted by atomic mass is 9.96.